The molecular weight excluding hydrogens is 276 g/mol. The maximum Gasteiger partial charge on any atom is 0.339 e. The Hall–Kier alpha value is -2.02. The second-order valence-electron chi connectivity index (χ2n) is 5.23. The monoisotopic (exact) mass is 296 g/mol. The summed E-state index contributed by atoms with van der Waals surface area (Å²) in [6, 6.07) is 1.15. The minimum Gasteiger partial charge on any atom is -0.478 e. The number of hydrogen-bond acceptors (Lipinski definition) is 4. The van der Waals surface area contributed by atoms with E-state index in [9.17, 15) is 9.59 Å². The van der Waals surface area contributed by atoms with Crippen LogP contribution in [-0.4, -0.2) is 36.4 Å². The Balaban J connectivity index is 1.80. The SMILES string of the molecule is Cc1oc(CNC(=O)NC(C)C2CCOC2)cc1C(=O)O. The third kappa shape index (κ3) is 3.98. The standard InChI is InChI=1S/C14H20N2O5/c1-8(10-3-4-20-7-10)16-14(19)15-6-11-5-12(13(17)18)9(2)21-11/h5,8,10H,3-4,6-7H2,1-2H3,(H,17,18)(H2,15,16,19). The smallest absolute Gasteiger partial charge is 0.339 e. The van der Waals surface area contributed by atoms with Gasteiger partial charge in [-0.3, -0.25) is 0 Å². The highest BCUT2D eigenvalue weighted by Gasteiger charge is 2.23. The quantitative estimate of drug-likeness (QED) is 0.764. The van der Waals surface area contributed by atoms with Crippen LogP contribution in [0.2, 0.25) is 0 Å². The Morgan fingerprint density at radius 3 is 2.86 bits per heavy atom. The first-order valence-electron chi connectivity index (χ1n) is 6.92. The fraction of sp³-hybridized carbons (Fsp3) is 0.571. The molecule has 1 aromatic rings. The predicted octanol–water partition coefficient (Wildman–Crippen LogP) is 1.51. The number of aromatic carboxylic acids is 1. The maximum atomic E-state index is 11.8. The van der Waals surface area contributed by atoms with Gasteiger partial charge in [0.15, 0.2) is 0 Å². The van der Waals surface area contributed by atoms with Gasteiger partial charge in [0, 0.05) is 18.6 Å². The van der Waals surface area contributed by atoms with E-state index in [1.165, 1.54) is 6.07 Å². The molecule has 2 amide bonds. The zero-order valence-corrected chi connectivity index (χ0v) is 12.1. The Labute approximate surface area is 122 Å². The van der Waals surface area contributed by atoms with Gasteiger partial charge in [0.1, 0.15) is 17.1 Å². The number of ether oxygens (including phenoxy) is 1. The molecule has 1 aromatic heterocycles. The van der Waals surface area contributed by atoms with E-state index in [0.29, 0.717) is 24.0 Å². The number of amides is 2. The molecule has 0 spiro atoms. The maximum absolute atomic E-state index is 11.8. The van der Waals surface area contributed by atoms with Gasteiger partial charge in [0.25, 0.3) is 0 Å². The number of aryl methyl sites for hydroxylation is 1. The minimum absolute atomic E-state index is 0.0282. The van der Waals surface area contributed by atoms with Gasteiger partial charge in [-0.2, -0.15) is 0 Å². The van der Waals surface area contributed by atoms with Gasteiger partial charge in [0.2, 0.25) is 0 Å². The molecule has 7 nitrogen and oxygen atoms in total. The normalized spacial score (nSPS) is 19.2. The number of carbonyl (C=O) groups excluding carboxylic acids is 1. The van der Waals surface area contributed by atoms with Crippen molar-refractivity contribution in [3.05, 3.63) is 23.2 Å². The van der Waals surface area contributed by atoms with E-state index in [1.54, 1.807) is 6.92 Å². The predicted molar refractivity (Wildman–Crippen MR) is 74.2 cm³/mol. The van der Waals surface area contributed by atoms with Crippen molar-refractivity contribution in [3.8, 4) is 0 Å². The molecule has 0 aromatic carbocycles. The topological polar surface area (TPSA) is 101 Å². The van der Waals surface area contributed by atoms with Crippen molar-refractivity contribution in [2.24, 2.45) is 5.92 Å². The van der Waals surface area contributed by atoms with E-state index < -0.39 is 5.97 Å². The summed E-state index contributed by atoms with van der Waals surface area (Å²) in [7, 11) is 0. The highest BCUT2D eigenvalue weighted by molar-refractivity contribution is 5.88. The molecule has 2 unspecified atom stereocenters. The molecule has 0 radical (unpaired) electrons. The molecule has 3 N–H and O–H groups in total. The zero-order chi connectivity index (χ0) is 15.4. The highest BCUT2D eigenvalue weighted by atomic mass is 16.5. The van der Waals surface area contributed by atoms with E-state index >= 15 is 0 Å². The number of nitrogens with one attached hydrogen (secondary N) is 2. The van der Waals surface area contributed by atoms with Crippen molar-refractivity contribution in [1.29, 1.82) is 0 Å². The van der Waals surface area contributed by atoms with E-state index in [0.717, 1.165) is 13.0 Å². The highest BCUT2D eigenvalue weighted by Crippen LogP contribution is 2.16. The Bertz CT molecular complexity index is 519. The van der Waals surface area contributed by atoms with Crippen molar-refractivity contribution in [1.82, 2.24) is 10.6 Å². The molecule has 1 aliphatic heterocycles. The van der Waals surface area contributed by atoms with Crippen molar-refractivity contribution in [2.75, 3.05) is 13.2 Å². The fourth-order valence-electron chi connectivity index (χ4n) is 2.33. The third-order valence-corrected chi connectivity index (χ3v) is 3.65. The molecule has 21 heavy (non-hydrogen) atoms. The summed E-state index contributed by atoms with van der Waals surface area (Å²) in [6.45, 7) is 5.07. The second kappa shape index (κ2) is 6.62. The summed E-state index contributed by atoms with van der Waals surface area (Å²) in [4.78, 5) is 22.7. The van der Waals surface area contributed by atoms with E-state index in [-0.39, 0.29) is 24.2 Å². The number of rotatable bonds is 5. The van der Waals surface area contributed by atoms with Crippen molar-refractivity contribution < 1.29 is 23.8 Å². The lowest BCUT2D eigenvalue weighted by molar-refractivity contribution is 0.0695. The van der Waals surface area contributed by atoms with Gasteiger partial charge >= 0.3 is 12.0 Å². The van der Waals surface area contributed by atoms with Crippen LogP contribution in [0.15, 0.2) is 10.5 Å². The zero-order valence-electron chi connectivity index (χ0n) is 12.1. The number of urea groups is 1. The van der Waals surface area contributed by atoms with Gasteiger partial charge in [-0.05, 0) is 26.3 Å². The number of carbonyl (C=O) groups is 2. The van der Waals surface area contributed by atoms with Gasteiger partial charge in [0.05, 0.1) is 13.2 Å². The number of carboxylic acids is 1. The van der Waals surface area contributed by atoms with Crippen LogP contribution in [0.1, 0.15) is 35.2 Å². The van der Waals surface area contributed by atoms with Crippen LogP contribution in [-0.2, 0) is 11.3 Å². The average molecular weight is 296 g/mol. The number of furan rings is 1. The first-order valence-corrected chi connectivity index (χ1v) is 6.92. The number of carboxylic acid groups (broad SMARTS) is 1. The molecule has 0 aliphatic carbocycles. The summed E-state index contributed by atoms with van der Waals surface area (Å²) < 4.78 is 10.6. The summed E-state index contributed by atoms with van der Waals surface area (Å²) in [5.41, 5.74) is 0.115. The Kier molecular flexibility index (Phi) is 4.85. The van der Waals surface area contributed by atoms with Gasteiger partial charge in [-0.15, -0.1) is 0 Å². The molecule has 1 saturated heterocycles. The molecule has 2 heterocycles. The largest absolute Gasteiger partial charge is 0.478 e. The van der Waals surface area contributed by atoms with Crippen molar-refractivity contribution >= 4 is 12.0 Å². The van der Waals surface area contributed by atoms with Gasteiger partial charge in [-0.25, -0.2) is 9.59 Å². The fourth-order valence-corrected chi connectivity index (χ4v) is 2.33. The average Bonchev–Trinajstić information content (AvgIpc) is 3.05. The van der Waals surface area contributed by atoms with Crippen molar-refractivity contribution in [3.63, 3.8) is 0 Å². The van der Waals surface area contributed by atoms with Crippen LogP contribution in [0.5, 0.6) is 0 Å². The molecule has 1 fully saturated rings. The molecule has 2 atom stereocenters. The minimum atomic E-state index is -1.04. The number of hydrogen-bond donors (Lipinski definition) is 3. The molecule has 1 aliphatic rings. The molecule has 0 bridgehead atoms. The van der Waals surface area contributed by atoms with E-state index in [1.807, 2.05) is 6.92 Å². The molecule has 116 valence electrons. The van der Waals surface area contributed by atoms with Crippen molar-refractivity contribution in [2.45, 2.75) is 32.9 Å². The lowest BCUT2D eigenvalue weighted by Gasteiger charge is -2.19. The Morgan fingerprint density at radius 2 is 2.29 bits per heavy atom. The summed E-state index contributed by atoms with van der Waals surface area (Å²) >= 11 is 0. The van der Waals surface area contributed by atoms with Gasteiger partial charge in [-0.1, -0.05) is 0 Å². The van der Waals surface area contributed by atoms with Crippen LogP contribution in [0, 0.1) is 12.8 Å². The Morgan fingerprint density at radius 1 is 1.52 bits per heavy atom. The molecule has 0 saturated carbocycles. The molecular formula is C14H20N2O5. The van der Waals surface area contributed by atoms with Crippen LogP contribution in [0.4, 0.5) is 4.79 Å². The van der Waals surface area contributed by atoms with Crippen LogP contribution >= 0.6 is 0 Å². The summed E-state index contributed by atoms with van der Waals surface area (Å²) in [5.74, 6) is 0.0371. The van der Waals surface area contributed by atoms with E-state index in [2.05, 4.69) is 10.6 Å². The summed E-state index contributed by atoms with van der Waals surface area (Å²) in [5, 5.41) is 14.4. The van der Waals surface area contributed by atoms with Crippen LogP contribution in [0.25, 0.3) is 0 Å². The van der Waals surface area contributed by atoms with Gasteiger partial charge < -0.3 is 24.9 Å². The molecule has 2 rings (SSSR count). The van der Waals surface area contributed by atoms with Crippen LogP contribution < -0.4 is 10.6 Å². The first-order chi connectivity index (χ1) is 9.97. The lowest BCUT2D eigenvalue weighted by Crippen LogP contribution is -2.43. The molecule has 7 heteroatoms. The third-order valence-electron chi connectivity index (χ3n) is 3.65. The van der Waals surface area contributed by atoms with E-state index in [4.69, 9.17) is 14.3 Å². The lowest BCUT2D eigenvalue weighted by atomic mass is 10.0. The van der Waals surface area contributed by atoms with Crippen LogP contribution in [0.3, 0.4) is 0 Å². The first kappa shape index (κ1) is 15.4. The second-order valence-corrected chi connectivity index (χ2v) is 5.23. The summed E-state index contributed by atoms with van der Waals surface area (Å²) in [6.07, 6.45) is 0.945.